The molecule has 5 heteroatoms. The Morgan fingerprint density at radius 1 is 1.39 bits per heavy atom. The number of fused-ring (bicyclic) bond motifs is 1. The summed E-state index contributed by atoms with van der Waals surface area (Å²) >= 11 is 0. The van der Waals surface area contributed by atoms with Gasteiger partial charge in [0.15, 0.2) is 5.65 Å². The van der Waals surface area contributed by atoms with Crippen molar-refractivity contribution in [2.45, 2.75) is 25.8 Å². The van der Waals surface area contributed by atoms with E-state index in [-0.39, 0.29) is 0 Å². The zero-order chi connectivity index (χ0) is 12.8. The van der Waals surface area contributed by atoms with Crippen LogP contribution < -0.4 is 5.32 Å². The maximum absolute atomic E-state index is 5.16. The normalized spacial score (nSPS) is 13.0. The Morgan fingerprint density at radius 3 is 3.06 bits per heavy atom. The Balaban J connectivity index is 1.90. The molecule has 0 aliphatic heterocycles. The fraction of sp³-hybridized carbons (Fsp3) is 0.538. The molecule has 0 spiro atoms. The van der Waals surface area contributed by atoms with Gasteiger partial charge in [-0.05, 0) is 18.6 Å². The predicted molar refractivity (Wildman–Crippen MR) is 70.6 cm³/mol. The first kappa shape index (κ1) is 13.0. The van der Waals surface area contributed by atoms with Gasteiger partial charge in [-0.25, -0.2) is 0 Å². The molecule has 0 amide bonds. The zero-order valence-electron chi connectivity index (χ0n) is 11.0. The van der Waals surface area contributed by atoms with Crippen molar-refractivity contribution in [1.82, 2.24) is 19.9 Å². The summed E-state index contributed by atoms with van der Waals surface area (Å²) in [5.41, 5.74) is 0.899. The number of aromatic nitrogens is 3. The van der Waals surface area contributed by atoms with Gasteiger partial charge >= 0.3 is 0 Å². The van der Waals surface area contributed by atoms with Gasteiger partial charge in [0.2, 0.25) is 0 Å². The molecular weight excluding hydrogens is 228 g/mol. The molecule has 1 N–H and O–H groups in total. The van der Waals surface area contributed by atoms with Gasteiger partial charge in [0, 0.05) is 32.3 Å². The van der Waals surface area contributed by atoms with Crippen molar-refractivity contribution in [3.05, 3.63) is 30.2 Å². The minimum absolute atomic E-state index is 0.411. The molecule has 2 aromatic heterocycles. The summed E-state index contributed by atoms with van der Waals surface area (Å²) in [6.07, 6.45) is 3.93. The van der Waals surface area contributed by atoms with Gasteiger partial charge in [0.25, 0.3) is 0 Å². The van der Waals surface area contributed by atoms with Crippen LogP contribution in [0, 0.1) is 0 Å². The highest BCUT2D eigenvalue weighted by Gasteiger charge is 2.07. The minimum Gasteiger partial charge on any atom is -0.383 e. The Morgan fingerprint density at radius 2 is 2.28 bits per heavy atom. The molecule has 0 bridgehead atoms. The van der Waals surface area contributed by atoms with Crippen molar-refractivity contribution in [3.63, 3.8) is 0 Å². The lowest BCUT2D eigenvalue weighted by atomic mass is 10.2. The number of ether oxygens (including phenoxy) is 1. The smallest absolute Gasteiger partial charge is 0.160 e. The highest BCUT2D eigenvalue weighted by atomic mass is 16.5. The predicted octanol–water partition coefficient (Wildman–Crippen LogP) is 1.29. The fourth-order valence-electron chi connectivity index (χ4n) is 1.97. The zero-order valence-corrected chi connectivity index (χ0v) is 11.0. The van der Waals surface area contributed by atoms with E-state index in [9.17, 15) is 0 Å². The second-order valence-corrected chi connectivity index (χ2v) is 4.31. The highest BCUT2D eigenvalue weighted by molar-refractivity contribution is 5.36. The van der Waals surface area contributed by atoms with Gasteiger partial charge in [-0.1, -0.05) is 13.0 Å². The summed E-state index contributed by atoms with van der Waals surface area (Å²) in [5, 5.41) is 11.8. The number of nitrogens with one attached hydrogen (secondary N) is 1. The van der Waals surface area contributed by atoms with Crippen molar-refractivity contribution < 1.29 is 4.74 Å². The van der Waals surface area contributed by atoms with E-state index in [1.54, 1.807) is 7.11 Å². The minimum atomic E-state index is 0.411. The SMILES string of the molecule is CCC(COC)NCCc1nnc2ccccn12. The van der Waals surface area contributed by atoms with Crippen molar-refractivity contribution >= 4 is 5.65 Å². The summed E-state index contributed by atoms with van der Waals surface area (Å²) < 4.78 is 7.18. The van der Waals surface area contributed by atoms with Crippen LogP contribution >= 0.6 is 0 Å². The van der Waals surface area contributed by atoms with Gasteiger partial charge in [-0.2, -0.15) is 0 Å². The molecule has 2 rings (SSSR count). The molecule has 0 aromatic carbocycles. The third kappa shape index (κ3) is 3.05. The van der Waals surface area contributed by atoms with E-state index in [0.717, 1.165) is 37.5 Å². The molecule has 0 aliphatic carbocycles. The maximum atomic E-state index is 5.16. The molecule has 0 radical (unpaired) electrons. The van der Waals surface area contributed by atoms with E-state index in [1.165, 1.54) is 0 Å². The monoisotopic (exact) mass is 248 g/mol. The van der Waals surface area contributed by atoms with Crippen LogP contribution in [0.25, 0.3) is 5.65 Å². The quantitative estimate of drug-likeness (QED) is 0.802. The van der Waals surface area contributed by atoms with Crippen LogP contribution in [0.15, 0.2) is 24.4 Å². The Hall–Kier alpha value is -1.46. The first-order valence-electron chi connectivity index (χ1n) is 6.36. The summed E-state index contributed by atoms with van der Waals surface area (Å²) in [7, 11) is 1.73. The van der Waals surface area contributed by atoms with E-state index in [1.807, 2.05) is 28.8 Å². The second kappa shape index (κ2) is 6.47. The standard InChI is InChI=1S/C13H20N4O/c1-3-11(10-18-2)14-8-7-13-16-15-12-6-4-5-9-17(12)13/h4-6,9,11,14H,3,7-8,10H2,1-2H3. The lowest BCUT2D eigenvalue weighted by Gasteiger charge is -2.15. The average Bonchev–Trinajstić information content (AvgIpc) is 2.81. The largest absolute Gasteiger partial charge is 0.383 e. The van der Waals surface area contributed by atoms with Gasteiger partial charge in [0.1, 0.15) is 5.82 Å². The molecule has 0 fully saturated rings. The molecule has 1 atom stereocenters. The van der Waals surface area contributed by atoms with Crippen LogP contribution in [-0.2, 0) is 11.2 Å². The van der Waals surface area contributed by atoms with Crippen LogP contribution in [-0.4, -0.2) is 40.9 Å². The lowest BCUT2D eigenvalue weighted by molar-refractivity contribution is 0.164. The third-order valence-corrected chi connectivity index (χ3v) is 3.03. The first-order chi connectivity index (χ1) is 8.85. The molecule has 1 unspecified atom stereocenters. The molecule has 0 saturated heterocycles. The average molecular weight is 248 g/mol. The van der Waals surface area contributed by atoms with Crippen molar-refractivity contribution in [2.75, 3.05) is 20.3 Å². The van der Waals surface area contributed by atoms with Gasteiger partial charge < -0.3 is 10.1 Å². The van der Waals surface area contributed by atoms with E-state index in [0.29, 0.717) is 6.04 Å². The van der Waals surface area contributed by atoms with Crippen LogP contribution in [0.4, 0.5) is 0 Å². The van der Waals surface area contributed by atoms with Crippen LogP contribution in [0.3, 0.4) is 0 Å². The van der Waals surface area contributed by atoms with E-state index in [2.05, 4.69) is 22.4 Å². The Bertz CT molecular complexity index is 483. The van der Waals surface area contributed by atoms with Gasteiger partial charge in [0.05, 0.1) is 6.61 Å². The molecule has 0 aliphatic rings. The second-order valence-electron chi connectivity index (χ2n) is 4.31. The highest BCUT2D eigenvalue weighted by Crippen LogP contribution is 2.03. The number of nitrogens with zero attached hydrogens (tertiary/aromatic N) is 3. The van der Waals surface area contributed by atoms with Crippen LogP contribution in [0.5, 0.6) is 0 Å². The lowest BCUT2D eigenvalue weighted by Crippen LogP contribution is -2.34. The third-order valence-electron chi connectivity index (χ3n) is 3.03. The first-order valence-corrected chi connectivity index (χ1v) is 6.36. The molecule has 18 heavy (non-hydrogen) atoms. The molecule has 2 heterocycles. The van der Waals surface area contributed by atoms with Crippen molar-refractivity contribution in [3.8, 4) is 0 Å². The van der Waals surface area contributed by atoms with Crippen LogP contribution in [0.1, 0.15) is 19.2 Å². The summed E-state index contributed by atoms with van der Waals surface area (Å²) in [6.45, 7) is 3.79. The maximum Gasteiger partial charge on any atom is 0.160 e. The van der Waals surface area contributed by atoms with E-state index < -0.39 is 0 Å². The molecule has 5 nitrogen and oxygen atoms in total. The summed E-state index contributed by atoms with van der Waals surface area (Å²) in [6, 6.07) is 6.34. The Kier molecular flexibility index (Phi) is 4.66. The molecule has 98 valence electrons. The summed E-state index contributed by atoms with van der Waals surface area (Å²) in [5.74, 6) is 0.991. The van der Waals surface area contributed by atoms with Crippen molar-refractivity contribution in [1.29, 1.82) is 0 Å². The van der Waals surface area contributed by atoms with Gasteiger partial charge in [-0.3, -0.25) is 4.40 Å². The van der Waals surface area contributed by atoms with Crippen molar-refractivity contribution in [2.24, 2.45) is 0 Å². The number of rotatable bonds is 7. The Labute approximate surface area is 107 Å². The van der Waals surface area contributed by atoms with Crippen LogP contribution in [0.2, 0.25) is 0 Å². The number of hydrogen-bond donors (Lipinski definition) is 1. The molecule has 0 saturated carbocycles. The molecular formula is C13H20N4O. The van der Waals surface area contributed by atoms with E-state index >= 15 is 0 Å². The topological polar surface area (TPSA) is 51.5 Å². The van der Waals surface area contributed by atoms with E-state index in [4.69, 9.17) is 4.74 Å². The number of pyridine rings is 1. The molecule has 2 aromatic rings. The fourth-order valence-corrected chi connectivity index (χ4v) is 1.97. The van der Waals surface area contributed by atoms with Gasteiger partial charge in [-0.15, -0.1) is 10.2 Å². The number of methoxy groups -OCH3 is 1. The summed E-state index contributed by atoms with van der Waals surface area (Å²) in [4.78, 5) is 0. The number of hydrogen-bond acceptors (Lipinski definition) is 4.